The number of ether oxygens (including phenoxy) is 2. The van der Waals surface area contributed by atoms with E-state index < -0.39 is 0 Å². The minimum atomic E-state index is -0.355. The quantitative estimate of drug-likeness (QED) is 0.714. The maximum Gasteiger partial charge on any atom is 0.255 e. The summed E-state index contributed by atoms with van der Waals surface area (Å²) in [6.07, 6.45) is 0.866. The van der Waals surface area contributed by atoms with E-state index >= 15 is 0 Å². The van der Waals surface area contributed by atoms with E-state index in [1.807, 2.05) is 13.8 Å². The lowest BCUT2D eigenvalue weighted by Gasteiger charge is -2.15. The van der Waals surface area contributed by atoms with E-state index in [-0.39, 0.29) is 11.7 Å². The highest BCUT2D eigenvalue weighted by Crippen LogP contribution is 2.37. The van der Waals surface area contributed by atoms with Crippen molar-refractivity contribution in [3.05, 3.63) is 52.3 Å². The molecule has 0 bridgehead atoms. The van der Waals surface area contributed by atoms with Crippen molar-refractivity contribution in [2.75, 3.05) is 18.5 Å². The van der Waals surface area contributed by atoms with Crippen LogP contribution < -0.4 is 14.8 Å². The zero-order valence-corrected chi connectivity index (χ0v) is 15.2. The Balaban J connectivity index is 2.25. The van der Waals surface area contributed by atoms with Crippen molar-refractivity contribution in [2.24, 2.45) is 0 Å². The van der Waals surface area contributed by atoms with Gasteiger partial charge in [-0.05, 0) is 65.7 Å². The number of hydrogen-bond acceptors (Lipinski definition) is 3. The smallest absolute Gasteiger partial charge is 0.255 e. The fraction of sp³-hybridized carbons (Fsp3) is 0.278. The molecule has 24 heavy (non-hydrogen) atoms. The third-order valence-electron chi connectivity index (χ3n) is 3.12. The molecule has 2 aromatic rings. The molecule has 0 aliphatic heterocycles. The molecule has 128 valence electrons. The number of rotatable bonds is 7. The highest BCUT2D eigenvalue weighted by molar-refractivity contribution is 9.10. The monoisotopic (exact) mass is 395 g/mol. The maximum atomic E-state index is 12.9. The van der Waals surface area contributed by atoms with Gasteiger partial charge in [0.1, 0.15) is 5.82 Å². The van der Waals surface area contributed by atoms with Crippen LogP contribution in [0, 0.1) is 5.82 Å². The minimum absolute atomic E-state index is 0.315. The Hall–Kier alpha value is -2.08. The molecule has 0 fully saturated rings. The van der Waals surface area contributed by atoms with Gasteiger partial charge in [0.2, 0.25) is 0 Å². The molecule has 0 radical (unpaired) electrons. The fourth-order valence-electron chi connectivity index (χ4n) is 2.04. The molecular formula is C18H19BrFNO3. The number of halogens is 2. The first-order chi connectivity index (χ1) is 11.5. The summed E-state index contributed by atoms with van der Waals surface area (Å²) in [5, 5.41) is 2.72. The largest absolute Gasteiger partial charge is 0.490 e. The number of hydrogen-bond donors (Lipinski definition) is 1. The third-order valence-corrected chi connectivity index (χ3v) is 3.71. The van der Waals surface area contributed by atoms with E-state index in [0.29, 0.717) is 40.4 Å². The van der Waals surface area contributed by atoms with E-state index in [4.69, 9.17) is 9.47 Å². The molecule has 0 spiro atoms. The van der Waals surface area contributed by atoms with Crippen molar-refractivity contribution >= 4 is 27.5 Å². The third kappa shape index (κ3) is 4.71. The lowest BCUT2D eigenvalue weighted by molar-refractivity contribution is 0.102. The SMILES string of the molecule is CCCOc1c(Br)cc(C(=O)Nc2ccc(F)cc2)cc1OCC. The van der Waals surface area contributed by atoms with Crippen molar-refractivity contribution in [1.82, 2.24) is 0 Å². The molecule has 1 amide bonds. The summed E-state index contributed by atoms with van der Waals surface area (Å²) in [6, 6.07) is 8.90. The summed E-state index contributed by atoms with van der Waals surface area (Å²) < 4.78 is 24.9. The van der Waals surface area contributed by atoms with Crippen LogP contribution >= 0.6 is 15.9 Å². The second-order valence-corrected chi connectivity index (χ2v) is 5.88. The summed E-state index contributed by atoms with van der Waals surface area (Å²) in [6.45, 7) is 4.89. The van der Waals surface area contributed by atoms with Crippen LogP contribution in [-0.4, -0.2) is 19.1 Å². The minimum Gasteiger partial charge on any atom is -0.490 e. The lowest BCUT2D eigenvalue weighted by atomic mass is 10.1. The van der Waals surface area contributed by atoms with E-state index in [1.165, 1.54) is 24.3 Å². The van der Waals surface area contributed by atoms with E-state index in [2.05, 4.69) is 21.2 Å². The Morgan fingerprint density at radius 1 is 1.17 bits per heavy atom. The Bertz CT molecular complexity index is 704. The molecule has 0 aliphatic rings. The predicted octanol–water partition coefficient (Wildman–Crippen LogP) is 5.03. The summed E-state index contributed by atoms with van der Waals surface area (Å²) in [4.78, 5) is 12.4. The summed E-state index contributed by atoms with van der Waals surface area (Å²) in [7, 11) is 0. The first-order valence-electron chi connectivity index (χ1n) is 7.71. The molecule has 0 atom stereocenters. The molecule has 0 aromatic heterocycles. The molecule has 6 heteroatoms. The van der Waals surface area contributed by atoms with Crippen LogP contribution in [0.4, 0.5) is 10.1 Å². The Morgan fingerprint density at radius 2 is 1.88 bits per heavy atom. The maximum absolute atomic E-state index is 12.9. The van der Waals surface area contributed by atoms with Gasteiger partial charge in [-0.2, -0.15) is 0 Å². The van der Waals surface area contributed by atoms with Gasteiger partial charge in [-0.3, -0.25) is 4.79 Å². The predicted molar refractivity (Wildman–Crippen MR) is 95.5 cm³/mol. The van der Waals surface area contributed by atoms with Crippen LogP contribution in [0.3, 0.4) is 0 Å². The molecule has 1 N–H and O–H groups in total. The molecule has 2 rings (SSSR count). The van der Waals surface area contributed by atoms with Crippen molar-refractivity contribution in [1.29, 1.82) is 0 Å². The normalized spacial score (nSPS) is 10.3. The molecule has 4 nitrogen and oxygen atoms in total. The lowest BCUT2D eigenvalue weighted by Crippen LogP contribution is -2.13. The Labute approximate surface area is 149 Å². The van der Waals surface area contributed by atoms with Crippen molar-refractivity contribution in [3.8, 4) is 11.5 Å². The molecule has 0 saturated carbocycles. The second-order valence-electron chi connectivity index (χ2n) is 5.03. The standard InChI is InChI=1S/C18H19BrFNO3/c1-3-9-24-17-15(19)10-12(11-16(17)23-4-2)18(22)21-14-7-5-13(20)6-8-14/h5-8,10-11H,3-4,9H2,1-2H3,(H,21,22). The number of carbonyl (C=O) groups is 1. The molecule has 2 aromatic carbocycles. The Kier molecular flexibility index (Phi) is 6.61. The van der Waals surface area contributed by atoms with Crippen molar-refractivity contribution < 1.29 is 18.7 Å². The number of carbonyl (C=O) groups excluding carboxylic acids is 1. The number of benzene rings is 2. The number of nitrogens with one attached hydrogen (secondary N) is 1. The average Bonchev–Trinajstić information content (AvgIpc) is 2.56. The van der Waals surface area contributed by atoms with Gasteiger partial charge >= 0.3 is 0 Å². The van der Waals surface area contributed by atoms with Gasteiger partial charge in [-0.1, -0.05) is 6.92 Å². The molecule has 0 unspecified atom stereocenters. The van der Waals surface area contributed by atoms with Crippen LogP contribution in [-0.2, 0) is 0 Å². The molecule has 0 saturated heterocycles. The van der Waals surface area contributed by atoms with Gasteiger partial charge in [0, 0.05) is 11.3 Å². The molecular weight excluding hydrogens is 377 g/mol. The summed E-state index contributed by atoms with van der Waals surface area (Å²) in [5.74, 6) is 0.415. The zero-order valence-electron chi connectivity index (χ0n) is 13.6. The van der Waals surface area contributed by atoms with Gasteiger partial charge in [0.25, 0.3) is 5.91 Å². The van der Waals surface area contributed by atoms with E-state index in [1.54, 1.807) is 12.1 Å². The second kappa shape index (κ2) is 8.68. The van der Waals surface area contributed by atoms with Crippen LogP contribution in [0.1, 0.15) is 30.6 Å². The van der Waals surface area contributed by atoms with Crippen molar-refractivity contribution in [3.63, 3.8) is 0 Å². The van der Waals surface area contributed by atoms with Crippen LogP contribution in [0.15, 0.2) is 40.9 Å². The first kappa shape index (κ1) is 18.3. The topological polar surface area (TPSA) is 47.6 Å². The Morgan fingerprint density at radius 3 is 2.50 bits per heavy atom. The van der Waals surface area contributed by atoms with Crippen LogP contribution in [0.25, 0.3) is 0 Å². The fourth-order valence-corrected chi connectivity index (χ4v) is 2.60. The van der Waals surface area contributed by atoms with Gasteiger partial charge in [0.15, 0.2) is 11.5 Å². The van der Waals surface area contributed by atoms with Gasteiger partial charge < -0.3 is 14.8 Å². The summed E-state index contributed by atoms with van der Waals surface area (Å²) in [5.41, 5.74) is 0.931. The van der Waals surface area contributed by atoms with Crippen LogP contribution in [0.5, 0.6) is 11.5 Å². The summed E-state index contributed by atoms with van der Waals surface area (Å²) >= 11 is 3.43. The zero-order chi connectivity index (χ0) is 17.5. The van der Waals surface area contributed by atoms with Gasteiger partial charge in [-0.15, -0.1) is 0 Å². The van der Waals surface area contributed by atoms with E-state index in [0.717, 1.165) is 6.42 Å². The van der Waals surface area contributed by atoms with Gasteiger partial charge in [0.05, 0.1) is 17.7 Å². The van der Waals surface area contributed by atoms with Crippen molar-refractivity contribution in [2.45, 2.75) is 20.3 Å². The van der Waals surface area contributed by atoms with Crippen LogP contribution in [0.2, 0.25) is 0 Å². The highest BCUT2D eigenvalue weighted by atomic mass is 79.9. The van der Waals surface area contributed by atoms with Gasteiger partial charge in [-0.25, -0.2) is 4.39 Å². The number of anilines is 1. The first-order valence-corrected chi connectivity index (χ1v) is 8.50. The average molecular weight is 396 g/mol. The van der Waals surface area contributed by atoms with E-state index in [9.17, 15) is 9.18 Å². The highest BCUT2D eigenvalue weighted by Gasteiger charge is 2.16. The number of amides is 1. The molecule has 0 aliphatic carbocycles. The molecule has 0 heterocycles.